The Labute approximate surface area is 120 Å². The van der Waals surface area contributed by atoms with Crippen LogP contribution in [0.4, 0.5) is 0 Å². The summed E-state index contributed by atoms with van der Waals surface area (Å²) in [7, 11) is 1.76. The van der Waals surface area contributed by atoms with Crippen molar-refractivity contribution >= 4 is 11.3 Å². The lowest BCUT2D eigenvalue weighted by Gasteiger charge is -2.26. The lowest BCUT2D eigenvalue weighted by Crippen LogP contribution is -2.35. The number of hydrogen-bond donors (Lipinski definition) is 1. The zero-order chi connectivity index (χ0) is 13.7. The highest BCUT2D eigenvalue weighted by molar-refractivity contribution is 7.09. The van der Waals surface area contributed by atoms with Gasteiger partial charge in [0.2, 0.25) is 0 Å². The largest absolute Gasteiger partial charge is 0.383 e. The Hall–Kier alpha value is -0.490. The van der Waals surface area contributed by atoms with Crippen molar-refractivity contribution in [1.29, 1.82) is 0 Å². The van der Waals surface area contributed by atoms with Gasteiger partial charge in [0.25, 0.3) is 0 Å². The first-order valence-electron chi connectivity index (χ1n) is 7.12. The molecule has 19 heavy (non-hydrogen) atoms. The quantitative estimate of drug-likeness (QED) is 0.754. The van der Waals surface area contributed by atoms with Crippen LogP contribution in [0.25, 0.3) is 0 Å². The summed E-state index contributed by atoms with van der Waals surface area (Å²) >= 11 is 1.77. The Bertz CT molecular complexity index is 379. The van der Waals surface area contributed by atoms with Crippen molar-refractivity contribution in [2.24, 2.45) is 0 Å². The molecule has 0 saturated heterocycles. The lowest BCUT2D eigenvalue weighted by molar-refractivity contribution is 0.0975. The molecule has 1 aliphatic rings. The van der Waals surface area contributed by atoms with E-state index in [1.165, 1.54) is 23.5 Å². The van der Waals surface area contributed by atoms with E-state index in [-0.39, 0.29) is 0 Å². The molecule has 1 atom stereocenters. The zero-order valence-corrected chi connectivity index (χ0v) is 13.0. The summed E-state index contributed by atoms with van der Waals surface area (Å²) in [6.07, 6.45) is 2.66. The van der Waals surface area contributed by atoms with Gasteiger partial charge in [0, 0.05) is 37.7 Å². The smallest absolute Gasteiger partial charge is 0.107 e. The van der Waals surface area contributed by atoms with Gasteiger partial charge in [-0.2, -0.15) is 0 Å². The molecule has 0 amide bonds. The van der Waals surface area contributed by atoms with Crippen molar-refractivity contribution in [3.05, 3.63) is 16.1 Å². The van der Waals surface area contributed by atoms with E-state index in [0.717, 1.165) is 32.3 Å². The van der Waals surface area contributed by atoms with Crippen LogP contribution in [0.2, 0.25) is 0 Å². The fourth-order valence-electron chi connectivity index (χ4n) is 2.16. The summed E-state index contributed by atoms with van der Waals surface area (Å²) in [6, 6.07) is 1.19. The Morgan fingerprint density at radius 3 is 3.00 bits per heavy atom. The van der Waals surface area contributed by atoms with Crippen LogP contribution in [0.15, 0.2) is 5.38 Å². The van der Waals surface area contributed by atoms with E-state index >= 15 is 0 Å². The van der Waals surface area contributed by atoms with Crippen LogP contribution in [0.5, 0.6) is 0 Å². The highest BCUT2D eigenvalue weighted by atomic mass is 32.1. The van der Waals surface area contributed by atoms with Crippen LogP contribution >= 0.6 is 11.3 Å². The van der Waals surface area contributed by atoms with Gasteiger partial charge in [0.15, 0.2) is 0 Å². The fourth-order valence-corrected chi connectivity index (χ4v) is 2.89. The summed E-state index contributed by atoms with van der Waals surface area (Å²) in [5.74, 6) is 0. The molecule has 1 N–H and O–H groups in total. The second-order valence-electron chi connectivity index (χ2n) is 5.26. The third kappa shape index (κ3) is 4.84. The molecule has 0 spiro atoms. The van der Waals surface area contributed by atoms with E-state index in [4.69, 9.17) is 9.72 Å². The van der Waals surface area contributed by atoms with Gasteiger partial charge in [-0.25, -0.2) is 4.98 Å². The number of rotatable bonds is 9. The molecule has 0 bridgehead atoms. The summed E-state index contributed by atoms with van der Waals surface area (Å²) in [5.41, 5.74) is 1.18. The number of nitrogens with zero attached hydrogens (tertiary/aromatic N) is 2. The van der Waals surface area contributed by atoms with Gasteiger partial charge in [-0.3, -0.25) is 4.90 Å². The molecule has 0 radical (unpaired) electrons. The maximum absolute atomic E-state index is 5.23. The van der Waals surface area contributed by atoms with Crippen LogP contribution in [0.1, 0.15) is 37.4 Å². The second kappa shape index (κ2) is 7.33. The van der Waals surface area contributed by atoms with Crippen LogP contribution in [0.3, 0.4) is 0 Å². The number of nitrogens with one attached hydrogen (secondary N) is 1. The normalized spacial score (nSPS) is 17.1. The van der Waals surface area contributed by atoms with Gasteiger partial charge >= 0.3 is 0 Å². The van der Waals surface area contributed by atoms with Gasteiger partial charge < -0.3 is 10.1 Å². The molecule has 1 fully saturated rings. The Kier molecular flexibility index (Phi) is 5.76. The van der Waals surface area contributed by atoms with Crippen molar-refractivity contribution in [2.45, 2.75) is 51.9 Å². The first kappa shape index (κ1) is 14.9. The van der Waals surface area contributed by atoms with Crippen molar-refractivity contribution in [2.75, 3.05) is 20.3 Å². The lowest BCUT2D eigenvalue weighted by atomic mass is 10.3. The molecular formula is C14H25N3OS. The Morgan fingerprint density at radius 1 is 1.58 bits per heavy atom. The standard InChI is InChI=1S/C14H25N3OS/c1-4-17(11(2)9-18-3)8-13-10-19-14(16-13)7-15-12-5-6-12/h10-12,15H,4-9H2,1-3H3. The number of methoxy groups -OCH3 is 1. The minimum Gasteiger partial charge on any atom is -0.383 e. The summed E-state index contributed by atoms with van der Waals surface area (Å²) < 4.78 is 5.23. The number of thiazole rings is 1. The SMILES string of the molecule is CCN(Cc1csc(CNC2CC2)n1)C(C)COC. The number of hydrogen-bond acceptors (Lipinski definition) is 5. The molecule has 4 nitrogen and oxygen atoms in total. The van der Waals surface area contributed by atoms with Crippen molar-refractivity contribution in [3.8, 4) is 0 Å². The van der Waals surface area contributed by atoms with Crippen molar-refractivity contribution in [1.82, 2.24) is 15.2 Å². The molecule has 5 heteroatoms. The maximum Gasteiger partial charge on any atom is 0.107 e. The molecule has 1 saturated carbocycles. The van der Waals surface area contributed by atoms with E-state index in [1.54, 1.807) is 18.4 Å². The van der Waals surface area contributed by atoms with E-state index in [0.29, 0.717) is 6.04 Å². The number of likely N-dealkylation sites (N-methyl/N-ethyl adjacent to an activating group) is 1. The van der Waals surface area contributed by atoms with Gasteiger partial charge in [-0.1, -0.05) is 6.92 Å². The Morgan fingerprint density at radius 2 is 2.37 bits per heavy atom. The highest BCUT2D eigenvalue weighted by Crippen LogP contribution is 2.20. The van der Waals surface area contributed by atoms with E-state index in [9.17, 15) is 0 Å². The van der Waals surface area contributed by atoms with Crippen LogP contribution < -0.4 is 5.32 Å². The topological polar surface area (TPSA) is 37.4 Å². The summed E-state index contributed by atoms with van der Waals surface area (Å²) in [6.45, 7) is 8.03. The van der Waals surface area contributed by atoms with Gasteiger partial charge in [-0.05, 0) is 26.3 Å². The molecule has 1 heterocycles. The van der Waals surface area contributed by atoms with E-state index in [1.807, 2.05) is 0 Å². The third-order valence-electron chi connectivity index (χ3n) is 3.52. The molecule has 108 valence electrons. The third-order valence-corrected chi connectivity index (χ3v) is 4.42. The van der Waals surface area contributed by atoms with Crippen LogP contribution in [-0.4, -0.2) is 42.2 Å². The molecule has 1 aromatic heterocycles. The zero-order valence-electron chi connectivity index (χ0n) is 12.2. The Balaban J connectivity index is 1.82. The molecule has 0 aliphatic heterocycles. The van der Waals surface area contributed by atoms with Crippen molar-refractivity contribution < 1.29 is 4.74 Å². The van der Waals surface area contributed by atoms with Crippen LogP contribution in [-0.2, 0) is 17.8 Å². The van der Waals surface area contributed by atoms with Gasteiger partial charge in [0.1, 0.15) is 5.01 Å². The maximum atomic E-state index is 5.23. The molecule has 1 aromatic rings. The van der Waals surface area contributed by atoms with E-state index in [2.05, 4.69) is 29.4 Å². The predicted molar refractivity (Wildman–Crippen MR) is 79.4 cm³/mol. The molecule has 0 aromatic carbocycles. The first-order valence-corrected chi connectivity index (χ1v) is 8.00. The number of ether oxygens (including phenoxy) is 1. The van der Waals surface area contributed by atoms with Gasteiger partial charge in [0.05, 0.1) is 12.3 Å². The van der Waals surface area contributed by atoms with Gasteiger partial charge in [-0.15, -0.1) is 11.3 Å². The summed E-state index contributed by atoms with van der Waals surface area (Å²) in [4.78, 5) is 7.11. The monoisotopic (exact) mass is 283 g/mol. The molecule has 1 unspecified atom stereocenters. The molecular weight excluding hydrogens is 258 g/mol. The average Bonchev–Trinajstić information content (AvgIpc) is 3.13. The fraction of sp³-hybridized carbons (Fsp3) is 0.786. The predicted octanol–water partition coefficient (Wildman–Crippen LogP) is 2.25. The van der Waals surface area contributed by atoms with E-state index < -0.39 is 0 Å². The van der Waals surface area contributed by atoms with Crippen LogP contribution in [0, 0.1) is 0 Å². The highest BCUT2D eigenvalue weighted by Gasteiger charge is 2.20. The molecule has 2 rings (SSSR count). The summed E-state index contributed by atoms with van der Waals surface area (Å²) in [5, 5.41) is 6.90. The minimum absolute atomic E-state index is 0.435. The second-order valence-corrected chi connectivity index (χ2v) is 6.20. The average molecular weight is 283 g/mol. The first-order chi connectivity index (χ1) is 9.22. The number of aromatic nitrogens is 1. The van der Waals surface area contributed by atoms with Crippen molar-refractivity contribution in [3.63, 3.8) is 0 Å². The minimum atomic E-state index is 0.435. The molecule has 1 aliphatic carbocycles.